The lowest BCUT2D eigenvalue weighted by atomic mass is 10.0. The zero-order valence-corrected chi connectivity index (χ0v) is 11.6. The van der Waals surface area contributed by atoms with E-state index in [1.807, 2.05) is 24.3 Å². The van der Waals surface area contributed by atoms with Gasteiger partial charge in [0, 0.05) is 12.2 Å². The van der Waals surface area contributed by atoms with Gasteiger partial charge in [-0.2, -0.15) is 0 Å². The lowest BCUT2D eigenvalue weighted by Gasteiger charge is -2.16. The van der Waals surface area contributed by atoms with Crippen LogP contribution in [0.15, 0.2) is 24.3 Å². The molecule has 4 nitrogen and oxygen atoms in total. The number of nitrogens with two attached hydrogens (primary N) is 1. The van der Waals surface area contributed by atoms with Crippen LogP contribution in [0.3, 0.4) is 0 Å². The van der Waals surface area contributed by atoms with Crippen LogP contribution in [0.1, 0.15) is 38.2 Å². The fourth-order valence-electron chi connectivity index (χ4n) is 2.40. The largest absolute Gasteiger partial charge is 0.364 e. The fraction of sp³-hybridized carbons (Fsp3) is 0.533. The van der Waals surface area contributed by atoms with Crippen LogP contribution >= 0.6 is 0 Å². The molecule has 0 aliphatic carbocycles. The van der Waals surface area contributed by atoms with Crippen molar-refractivity contribution in [2.24, 2.45) is 5.73 Å². The number of amides is 1. The normalized spacial score (nSPS) is 22.7. The van der Waals surface area contributed by atoms with E-state index in [9.17, 15) is 4.79 Å². The van der Waals surface area contributed by atoms with Crippen LogP contribution in [0, 0.1) is 0 Å². The second kappa shape index (κ2) is 6.17. The molecule has 1 aliphatic heterocycles. The molecule has 0 radical (unpaired) electrons. The minimum atomic E-state index is -0.367. The molecule has 2 rings (SSSR count). The highest BCUT2D eigenvalue weighted by atomic mass is 16.5. The Hall–Kier alpha value is -1.39. The lowest BCUT2D eigenvalue weighted by molar-refractivity contribution is -0.126. The molecule has 1 aromatic carbocycles. The summed E-state index contributed by atoms with van der Waals surface area (Å²) in [5.74, 6) is 0.307. The predicted molar refractivity (Wildman–Crippen MR) is 76.1 cm³/mol. The molecule has 3 N–H and O–H groups in total. The first-order valence-electron chi connectivity index (χ1n) is 6.87. The average Bonchev–Trinajstić information content (AvgIpc) is 2.88. The van der Waals surface area contributed by atoms with Crippen LogP contribution in [0.25, 0.3) is 0 Å². The highest BCUT2D eigenvalue weighted by molar-refractivity contribution is 5.95. The maximum Gasteiger partial charge on any atom is 0.253 e. The number of anilines is 1. The molecule has 104 valence electrons. The Morgan fingerprint density at radius 2 is 2.16 bits per heavy atom. The highest BCUT2D eigenvalue weighted by Crippen LogP contribution is 2.25. The van der Waals surface area contributed by atoms with Crippen LogP contribution in [0.4, 0.5) is 5.69 Å². The van der Waals surface area contributed by atoms with E-state index in [-0.39, 0.29) is 18.1 Å². The van der Waals surface area contributed by atoms with Crippen molar-refractivity contribution in [3.05, 3.63) is 29.8 Å². The van der Waals surface area contributed by atoms with Gasteiger partial charge in [-0.25, -0.2) is 0 Å². The molecule has 19 heavy (non-hydrogen) atoms. The summed E-state index contributed by atoms with van der Waals surface area (Å²) in [7, 11) is 0. The third kappa shape index (κ3) is 3.33. The third-order valence-corrected chi connectivity index (χ3v) is 3.50. The number of carbonyl (C=O) groups is 1. The number of carbonyl (C=O) groups excluding carboxylic acids is 1. The quantitative estimate of drug-likeness (QED) is 0.874. The maximum atomic E-state index is 12.2. The highest BCUT2D eigenvalue weighted by Gasteiger charge is 2.30. The van der Waals surface area contributed by atoms with Gasteiger partial charge in [0.2, 0.25) is 0 Å². The molecule has 1 aromatic rings. The molecule has 2 unspecified atom stereocenters. The summed E-state index contributed by atoms with van der Waals surface area (Å²) >= 11 is 0. The van der Waals surface area contributed by atoms with E-state index in [1.165, 1.54) is 0 Å². The Labute approximate surface area is 114 Å². The van der Waals surface area contributed by atoms with E-state index in [2.05, 4.69) is 19.2 Å². The number of hydrogen-bond donors (Lipinski definition) is 2. The minimum absolute atomic E-state index is 0.0242. The smallest absolute Gasteiger partial charge is 0.253 e. The monoisotopic (exact) mass is 262 g/mol. The van der Waals surface area contributed by atoms with Crippen molar-refractivity contribution in [1.29, 1.82) is 0 Å². The number of para-hydroxylation sites is 1. The van der Waals surface area contributed by atoms with E-state index in [0.717, 1.165) is 24.1 Å². The van der Waals surface area contributed by atoms with Gasteiger partial charge in [-0.15, -0.1) is 0 Å². The Morgan fingerprint density at radius 1 is 1.42 bits per heavy atom. The van der Waals surface area contributed by atoms with Crippen molar-refractivity contribution in [1.82, 2.24) is 0 Å². The van der Waals surface area contributed by atoms with Crippen molar-refractivity contribution in [3.63, 3.8) is 0 Å². The van der Waals surface area contributed by atoms with Crippen LogP contribution in [-0.2, 0) is 9.53 Å². The van der Waals surface area contributed by atoms with Crippen molar-refractivity contribution in [2.75, 3.05) is 11.9 Å². The van der Waals surface area contributed by atoms with Gasteiger partial charge in [0.1, 0.15) is 6.10 Å². The van der Waals surface area contributed by atoms with E-state index >= 15 is 0 Å². The van der Waals surface area contributed by atoms with Crippen molar-refractivity contribution < 1.29 is 9.53 Å². The molecule has 1 aliphatic rings. The lowest BCUT2D eigenvalue weighted by Crippen LogP contribution is -2.30. The van der Waals surface area contributed by atoms with Crippen molar-refractivity contribution >= 4 is 11.6 Å². The average molecular weight is 262 g/mol. The predicted octanol–water partition coefficient (Wildman–Crippen LogP) is 2.25. The van der Waals surface area contributed by atoms with Crippen LogP contribution in [0.5, 0.6) is 0 Å². The summed E-state index contributed by atoms with van der Waals surface area (Å²) in [6, 6.07) is 7.89. The first-order valence-corrected chi connectivity index (χ1v) is 6.87. The second-order valence-corrected chi connectivity index (χ2v) is 5.29. The van der Waals surface area contributed by atoms with Crippen LogP contribution in [-0.4, -0.2) is 24.7 Å². The van der Waals surface area contributed by atoms with E-state index in [0.29, 0.717) is 12.5 Å². The number of ether oxygens (including phenoxy) is 1. The second-order valence-electron chi connectivity index (χ2n) is 5.29. The van der Waals surface area contributed by atoms with Crippen LogP contribution < -0.4 is 11.1 Å². The molecule has 4 heteroatoms. The summed E-state index contributed by atoms with van der Waals surface area (Å²) in [4.78, 5) is 12.2. The summed E-state index contributed by atoms with van der Waals surface area (Å²) < 4.78 is 5.61. The van der Waals surface area contributed by atoms with Gasteiger partial charge in [0.05, 0.1) is 6.10 Å². The minimum Gasteiger partial charge on any atom is -0.364 e. The van der Waals surface area contributed by atoms with E-state index < -0.39 is 0 Å². The van der Waals surface area contributed by atoms with Crippen LogP contribution in [0.2, 0.25) is 0 Å². The van der Waals surface area contributed by atoms with Crippen molar-refractivity contribution in [2.45, 2.75) is 44.8 Å². The number of rotatable bonds is 4. The standard InChI is InChI=1S/C15H22N2O2/c1-10(2)12-5-3-4-6-13(12)17-15(18)14-8-7-11(9-16)19-14/h3-6,10-11,14H,7-9,16H2,1-2H3,(H,17,18). The van der Waals surface area contributed by atoms with Gasteiger partial charge in [0.15, 0.2) is 0 Å². The Balaban J connectivity index is 2.03. The molecule has 1 amide bonds. The maximum absolute atomic E-state index is 12.2. The fourth-order valence-corrected chi connectivity index (χ4v) is 2.40. The molecule has 0 bridgehead atoms. The zero-order chi connectivity index (χ0) is 13.8. The Morgan fingerprint density at radius 3 is 2.79 bits per heavy atom. The number of hydrogen-bond acceptors (Lipinski definition) is 3. The van der Waals surface area contributed by atoms with E-state index in [4.69, 9.17) is 10.5 Å². The van der Waals surface area contributed by atoms with Gasteiger partial charge in [-0.1, -0.05) is 32.0 Å². The molecular weight excluding hydrogens is 240 g/mol. The summed E-state index contributed by atoms with van der Waals surface area (Å²) in [6.45, 7) is 4.70. The van der Waals surface area contributed by atoms with Crippen molar-refractivity contribution in [3.8, 4) is 0 Å². The van der Waals surface area contributed by atoms with E-state index in [1.54, 1.807) is 0 Å². The molecular formula is C15H22N2O2. The van der Waals surface area contributed by atoms with Gasteiger partial charge >= 0.3 is 0 Å². The molecule has 0 spiro atoms. The topological polar surface area (TPSA) is 64.4 Å². The molecule has 1 saturated heterocycles. The summed E-state index contributed by atoms with van der Waals surface area (Å²) in [6.07, 6.45) is 1.27. The SMILES string of the molecule is CC(C)c1ccccc1NC(=O)C1CCC(CN)O1. The molecule has 0 aromatic heterocycles. The zero-order valence-electron chi connectivity index (χ0n) is 11.6. The molecule has 0 saturated carbocycles. The summed E-state index contributed by atoms with van der Waals surface area (Å²) in [5.41, 5.74) is 7.58. The molecule has 1 fully saturated rings. The van der Waals surface area contributed by atoms with Gasteiger partial charge in [0.25, 0.3) is 5.91 Å². The number of benzene rings is 1. The Bertz CT molecular complexity index is 446. The van der Waals surface area contributed by atoms with Gasteiger partial charge in [-0.3, -0.25) is 4.79 Å². The van der Waals surface area contributed by atoms with Gasteiger partial charge < -0.3 is 15.8 Å². The Kier molecular flexibility index (Phi) is 4.56. The summed E-state index contributed by atoms with van der Waals surface area (Å²) in [5, 5.41) is 2.97. The van der Waals surface area contributed by atoms with Gasteiger partial charge in [-0.05, 0) is 30.4 Å². The number of nitrogens with one attached hydrogen (secondary N) is 1. The first kappa shape index (κ1) is 14.0. The molecule has 1 heterocycles. The first-order chi connectivity index (χ1) is 9.11. The molecule has 2 atom stereocenters. The third-order valence-electron chi connectivity index (χ3n) is 3.50.